The second kappa shape index (κ2) is 10.9. The molecule has 0 unspecified atom stereocenters. The van der Waals surface area contributed by atoms with Crippen molar-refractivity contribution in [2.45, 2.75) is 49.8 Å². The van der Waals surface area contributed by atoms with E-state index in [0.717, 1.165) is 36.5 Å². The maximum Gasteiger partial charge on any atom is 0.309 e. The molecule has 1 N–H and O–H groups in total. The number of hydrogen-bond acceptors (Lipinski definition) is 8. The van der Waals surface area contributed by atoms with Crippen LogP contribution in [0.25, 0.3) is 0 Å². The molecule has 1 aromatic heterocycles. The molecule has 0 saturated carbocycles. The molecule has 0 aliphatic carbocycles. The van der Waals surface area contributed by atoms with Crippen LogP contribution in [0, 0.1) is 6.92 Å². The Morgan fingerprint density at radius 1 is 1.13 bits per heavy atom. The van der Waals surface area contributed by atoms with E-state index in [9.17, 15) is 13.2 Å². The van der Waals surface area contributed by atoms with Crippen LogP contribution in [0.1, 0.15) is 47.6 Å². The number of anilines is 3. The van der Waals surface area contributed by atoms with Crippen molar-refractivity contribution in [2.75, 3.05) is 36.2 Å². The molecule has 2 aromatic carbocycles. The number of rotatable bonds is 6. The van der Waals surface area contributed by atoms with E-state index in [1.54, 1.807) is 0 Å². The molecule has 2 aliphatic heterocycles. The Kier molecular flexibility index (Phi) is 7.59. The van der Waals surface area contributed by atoms with Crippen molar-refractivity contribution in [3.05, 3.63) is 69.9 Å². The number of nitrogens with one attached hydrogen (secondary N) is 1. The molecule has 200 valence electrons. The number of halogens is 1. The predicted molar refractivity (Wildman–Crippen MR) is 148 cm³/mol. The van der Waals surface area contributed by atoms with Gasteiger partial charge in [0.2, 0.25) is 5.95 Å². The van der Waals surface area contributed by atoms with Gasteiger partial charge in [-0.2, -0.15) is 4.98 Å². The van der Waals surface area contributed by atoms with Crippen LogP contribution in [-0.4, -0.2) is 50.3 Å². The van der Waals surface area contributed by atoms with E-state index in [4.69, 9.17) is 26.3 Å². The number of ether oxygens (including phenoxy) is 1. The Morgan fingerprint density at radius 2 is 1.87 bits per heavy atom. The highest BCUT2D eigenvalue weighted by Gasteiger charge is 2.32. The highest BCUT2D eigenvalue weighted by molar-refractivity contribution is 7.91. The third kappa shape index (κ3) is 5.63. The van der Waals surface area contributed by atoms with Crippen LogP contribution in [0.4, 0.5) is 17.5 Å². The van der Waals surface area contributed by atoms with Gasteiger partial charge in [0, 0.05) is 23.8 Å². The van der Waals surface area contributed by atoms with Crippen molar-refractivity contribution in [1.29, 1.82) is 0 Å². The van der Waals surface area contributed by atoms with E-state index in [1.807, 2.05) is 36.4 Å². The van der Waals surface area contributed by atoms with Gasteiger partial charge in [-0.05, 0) is 79.5 Å². The number of aryl methyl sites for hydroxylation is 2. The number of carbonyl (C=O) groups is 1. The molecular formula is C28H31ClN4O4S. The van der Waals surface area contributed by atoms with E-state index in [2.05, 4.69) is 23.2 Å². The molecule has 38 heavy (non-hydrogen) atoms. The second-order valence-corrected chi connectivity index (χ2v) is 12.4. The molecule has 3 aromatic rings. The van der Waals surface area contributed by atoms with Gasteiger partial charge in [-0.3, -0.25) is 4.79 Å². The Labute approximate surface area is 228 Å². The van der Waals surface area contributed by atoms with Crippen LogP contribution in [0.3, 0.4) is 0 Å². The highest BCUT2D eigenvalue weighted by atomic mass is 35.5. The van der Waals surface area contributed by atoms with Gasteiger partial charge in [0.15, 0.2) is 15.7 Å². The molecule has 0 bridgehead atoms. The number of benzene rings is 2. The quantitative estimate of drug-likeness (QED) is 0.425. The minimum absolute atomic E-state index is 0.0846. The summed E-state index contributed by atoms with van der Waals surface area (Å²) in [7, 11) is -2.14. The van der Waals surface area contributed by atoms with Gasteiger partial charge in [0.05, 0.1) is 25.0 Å². The monoisotopic (exact) mass is 554 g/mol. The SMILES string of the molecule is COC(=O)Cc1ccc(Nc2nc(N3CCC(c4ccc(Cl)cc4C)CC3)nc3c2S(=O)(=O)CCC3)cc1. The molecule has 0 spiro atoms. The molecule has 8 nitrogen and oxygen atoms in total. The van der Waals surface area contributed by atoms with Crippen LogP contribution < -0.4 is 10.2 Å². The fraction of sp³-hybridized carbons (Fsp3) is 0.393. The zero-order valence-electron chi connectivity index (χ0n) is 21.5. The Morgan fingerprint density at radius 3 is 2.55 bits per heavy atom. The highest BCUT2D eigenvalue weighted by Crippen LogP contribution is 2.36. The number of piperidine rings is 1. The van der Waals surface area contributed by atoms with Crippen LogP contribution in [0.15, 0.2) is 47.4 Å². The largest absolute Gasteiger partial charge is 0.469 e. The van der Waals surface area contributed by atoms with Gasteiger partial charge in [-0.15, -0.1) is 0 Å². The molecule has 1 saturated heterocycles. The molecule has 0 radical (unpaired) electrons. The summed E-state index contributed by atoms with van der Waals surface area (Å²) in [6.45, 7) is 3.65. The first-order valence-corrected chi connectivity index (χ1v) is 14.8. The first kappa shape index (κ1) is 26.4. The smallest absolute Gasteiger partial charge is 0.309 e. The van der Waals surface area contributed by atoms with E-state index in [0.29, 0.717) is 41.9 Å². The third-order valence-electron chi connectivity index (χ3n) is 7.30. The number of aromatic nitrogens is 2. The second-order valence-electron chi connectivity index (χ2n) is 9.91. The number of fused-ring (bicyclic) bond motifs is 1. The number of esters is 1. The van der Waals surface area contributed by atoms with Crippen LogP contribution in [-0.2, 0) is 32.2 Å². The number of sulfone groups is 1. The number of carbonyl (C=O) groups excluding carboxylic acids is 1. The van der Waals surface area contributed by atoms with Gasteiger partial charge < -0.3 is 15.0 Å². The normalized spacial score (nSPS) is 17.1. The average Bonchev–Trinajstić information content (AvgIpc) is 2.89. The Hall–Kier alpha value is -3.17. The van der Waals surface area contributed by atoms with E-state index in [-0.39, 0.29) is 23.0 Å². The maximum absolute atomic E-state index is 13.0. The fourth-order valence-electron chi connectivity index (χ4n) is 5.31. The van der Waals surface area contributed by atoms with Gasteiger partial charge in [0.25, 0.3) is 0 Å². The van der Waals surface area contributed by atoms with E-state index in [1.165, 1.54) is 18.2 Å². The zero-order valence-corrected chi connectivity index (χ0v) is 23.1. The summed E-state index contributed by atoms with van der Waals surface area (Å²) >= 11 is 6.15. The van der Waals surface area contributed by atoms with Crippen molar-refractivity contribution in [3.8, 4) is 0 Å². The summed E-state index contributed by atoms with van der Waals surface area (Å²) in [6.07, 6.45) is 3.21. The van der Waals surface area contributed by atoms with Gasteiger partial charge >= 0.3 is 5.97 Å². The van der Waals surface area contributed by atoms with E-state index >= 15 is 0 Å². The lowest BCUT2D eigenvalue weighted by Gasteiger charge is -2.33. The molecule has 0 amide bonds. The Bertz CT molecular complexity index is 1450. The summed E-state index contributed by atoms with van der Waals surface area (Å²) in [5.41, 5.74) is 4.59. The first-order chi connectivity index (χ1) is 18.2. The van der Waals surface area contributed by atoms with Crippen LogP contribution >= 0.6 is 11.6 Å². The molecule has 0 atom stereocenters. The lowest BCUT2D eigenvalue weighted by atomic mass is 9.87. The maximum atomic E-state index is 13.0. The van der Waals surface area contributed by atoms with Gasteiger partial charge in [0.1, 0.15) is 4.90 Å². The van der Waals surface area contributed by atoms with Crippen molar-refractivity contribution in [1.82, 2.24) is 9.97 Å². The number of nitrogens with zero attached hydrogens (tertiary/aromatic N) is 3. The van der Waals surface area contributed by atoms with Crippen molar-refractivity contribution >= 4 is 44.9 Å². The van der Waals surface area contributed by atoms with Crippen molar-refractivity contribution in [2.24, 2.45) is 0 Å². The molecule has 3 heterocycles. The third-order valence-corrected chi connectivity index (χ3v) is 9.42. The summed E-state index contributed by atoms with van der Waals surface area (Å²) < 4.78 is 30.8. The molecule has 5 rings (SSSR count). The topological polar surface area (TPSA) is 101 Å². The molecule has 1 fully saturated rings. The molecule has 10 heteroatoms. The van der Waals surface area contributed by atoms with E-state index < -0.39 is 9.84 Å². The zero-order chi connectivity index (χ0) is 26.9. The molecular weight excluding hydrogens is 524 g/mol. The summed E-state index contributed by atoms with van der Waals surface area (Å²) in [6, 6.07) is 13.3. The van der Waals surface area contributed by atoms with Crippen molar-refractivity contribution < 1.29 is 17.9 Å². The molecule has 2 aliphatic rings. The fourth-order valence-corrected chi connectivity index (χ4v) is 7.16. The van der Waals surface area contributed by atoms with Gasteiger partial charge in [-0.25, -0.2) is 13.4 Å². The number of hydrogen-bond donors (Lipinski definition) is 1. The summed E-state index contributed by atoms with van der Waals surface area (Å²) in [5, 5.41) is 3.97. The minimum Gasteiger partial charge on any atom is -0.469 e. The lowest BCUT2D eigenvalue weighted by molar-refractivity contribution is -0.139. The van der Waals surface area contributed by atoms with Crippen LogP contribution in [0.2, 0.25) is 5.02 Å². The van der Waals surface area contributed by atoms with Crippen molar-refractivity contribution in [3.63, 3.8) is 0 Å². The standard InChI is InChI=1S/C28H31ClN4O4S/c1-18-16-21(29)7-10-23(18)20-11-13-33(14-12-20)28-31-24-4-3-15-38(35,36)26(24)27(32-28)30-22-8-5-19(6-9-22)17-25(34)37-2/h5-10,16,20H,3-4,11-15,17H2,1-2H3,(H,30,31,32). The average molecular weight is 555 g/mol. The Balaban J connectivity index is 1.40. The number of methoxy groups -OCH3 is 1. The predicted octanol–water partition coefficient (Wildman–Crippen LogP) is 5.00. The summed E-state index contributed by atoms with van der Waals surface area (Å²) in [5.74, 6) is 1.06. The summed E-state index contributed by atoms with van der Waals surface area (Å²) in [4.78, 5) is 23.4. The first-order valence-electron chi connectivity index (χ1n) is 12.8. The lowest BCUT2D eigenvalue weighted by Crippen LogP contribution is -2.35. The van der Waals surface area contributed by atoms with Crippen LogP contribution in [0.5, 0.6) is 0 Å². The minimum atomic E-state index is -3.50. The van der Waals surface area contributed by atoms with Gasteiger partial charge in [-0.1, -0.05) is 29.8 Å².